The van der Waals surface area contributed by atoms with E-state index in [1.54, 1.807) is 0 Å². The van der Waals surface area contributed by atoms with Crippen molar-refractivity contribution in [3.63, 3.8) is 0 Å². The van der Waals surface area contributed by atoms with Crippen LogP contribution < -0.4 is 9.62 Å². The number of fused-ring (bicyclic) bond motifs is 3. The topological polar surface area (TPSA) is 78.4 Å². The predicted octanol–water partition coefficient (Wildman–Crippen LogP) is 3.46. The number of aryl methyl sites for hydroxylation is 2. The van der Waals surface area contributed by atoms with Crippen LogP contribution in [0.25, 0.3) is 10.2 Å². The first kappa shape index (κ1) is 22.5. The van der Waals surface area contributed by atoms with Gasteiger partial charge in [0.05, 0.1) is 18.2 Å². The summed E-state index contributed by atoms with van der Waals surface area (Å²) < 4.78 is 26.3. The van der Waals surface area contributed by atoms with Gasteiger partial charge in [-0.2, -0.15) is 0 Å². The highest BCUT2D eigenvalue weighted by atomic mass is 32.2. The number of hydrogen-bond acceptors (Lipinski definition) is 7. The summed E-state index contributed by atoms with van der Waals surface area (Å²) >= 11 is 1.87. The van der Waals surface area contributed by atoms with Crippen LogP contribution in [-0.4, -0.2) is 61.8 Å². The van der Waals surface area contributed by atoms with E-state index in [9.17, 15) is 8.42 Å². The van der Waals surface area contributed by atoms with Crippen LogP contribution in [-0.2, 0) is 29.4 Å². The highest BCUT2D eigenvalue weighted by Crippen LogP contribution is 2.41. The SMILES string of the molecule is CS(=O)(=O)NC[C@H]1CCCCN1c1nc(CN2CCCCC2)nc2sc3c(c12)CCCC3. The Morgan fingerprint density at radius 2 is 1.78 bits per heavy atom. The van der Waals surface area contributed by atoms with E-state index in [2.05, 4.69) is 14.5 Å². The van der Waals surface area contributed by atoms with E-state index in [1.807, 2.05) is 11.3 Å². The van der Waals surface area contributed by atoms with Crippen LogP contribution in [0.4, 0.5) is 5.82 Å². The van der Waals surface area contributed by atoms with Gasteiger partial charge in [0.2, 0.25) is 10.0 Å². The third kappa shape index (κ3) is 4.95. The zero-order chi connectivity index (χ0) is 22.1. The molecule has 0 saturated carbocycles. The van der Waals surface area contributed by atoms with Crippen LogP contribution in [0.1, 0.15) is 67.6 Å². The summed E-state index contributed by atoms with van der Waals surface area (Å²) in [5.74, 6) is 1.98. The Morgan fingerprint density at radius 3 is 2.59 bits per heavy atom. The van der Waals surface area contributed by atoms with Crippen molar-refractivity contribution < 1.29 is 8.42 Å². The number of nitrogens with one attached hydrogen (secondary N) is 1. The predicted molar refractivity (Wildman–Crippen MR) is 131 cm³/mol. The molecule has 2 fully saturated rings. The molecule has 2 aromatic rings. The Hall–Kier alpha value is -1.29. The molecule has 32 heavy (non-hydrogen) atoms. The molecule has 1 aliphatic carbocycles. The summed E-state index contributed by atoms with van der Waals surface area (Å²) in [5, 5.41) is 1.25. The largest absolute Gasteiger partial charge is 0.352 e. The molecule has 2 aromatic heterocycles. The van der Waals surface area contributed by atoms with Crippen molar-refractivity contribution in [1.29, 1.82) is 0 Å². The maximum atomic E-state index is 11.8. The van der Waals surface area contributed by atoms with E-state index in [0.717, 1.165) is 74.8 Å². The van der Waals surface area contributed by atoms with Gasteiger partial charge < -0.3 is 4.90 Å². The fourth-order valence-electron chi connectivity index (χ4n) is 5.52. The molecule has 5 rings (SSSR count). The fourth-order valence-corrected chi connectivity index (χ4v) is 7.29. The van der Waals surface area contributed by atoms with Crippen molar-refractivity contribution in [3.8, 4) is 0 Å². The minimum absolute atomic E-state index is 0.138. The lowest BCUT2D eigenvalue weighted by Crippen LogP contribution is -2.47. The first-order valence-corrected chi connectivity index (χ1v) is 14.9. The quantitative estimate of drug-likeness (QED) is 0.686. The summed E-state index contributed by atoms with van der Waals surface area (Å²) in [6.45, 7) is 4.43. The minimum atomic E-state index is -3.22. The Labute approximate surface area is 195 Å². The molecular weight excluding hydrogens is 442 g/mol. The second-order valence-corrected chi connectivity index (χ2v) is 12.6. The fraction of sp³-hybridized carbons (Fsp3) is 0.739. The van der Waals surface area contributed by atoms with Gasteiger partial charge in [0.25, 0.3) is 0 Å². The summed E-state index contributed by atoms with van der Waals surface area (Å²) in [7, 11) is -3.22. The molecule has 7 nitrogen and oxygen atoms in total. The summed E-state index contributed by atoms with van der Waals surface area (Å²) in [5.41, 5.74) is 1.45. The molecule has 4 heterocycles. The van der Waals surface area contributed by atoms with Gasteiger partial charge in [0.1, 0.15) is 16.5 Å². The smallest absolute Gasteiger partial charge is 0.208 e. The highest BCUT2D eigenvalue weighted by molar-refractivity contribution is 7.88. The molecule has 2 saturated heterocycles. The van der Waals surface area contributed by atoms with Gasteiger partial charge in [-0.05, 0) is 76.4 Å². The first-order valence-electron chi connectivity index (χ1n) is 12.2. The molecule has 0 unspecified atom stereocenters. The van der Waals surface area contributed by atoms with Crippen molar-refractivity contribution in [1.82, 2.24) is 19.6 Å². The van der Waals surface area contributed by atoms with Crippen LogP contribution in [0.3, 0.4) is 0 Å². The summed E-state index contributed by atoms with van der Waals surface area (Å²) in [6, 6.07) is 0.138. The Bertz CT molecular complexity index is 1060. The van der Waals surface area contributed by atoms with Crippen LogP contribution in [0, 0.1) is 0 Å². The molecule has 0 radical (unpaired) electrons. The molecular formula is C23H35N5O2S2. The third-order valence-electron chi connectivity index (χ3n) is 7.14. The molecule has 0 amide bonds. The lowest BCUT2D eigenvalue weighted by molar-refractivity contribution is 0.216. The molecule has 2 aliphatic heterocycles. The van der Waals surface area contributed by atoms with Crippen LogP contribution in [0.15, 0.2) is 0 Å². The molecule has 0 bridgehead atoms. The zero-order valence-electron chi connectivity index (χ0n) is 19.1. The van der Waals surface area contributed by atoms with Crippen LogP contribution in [0.5, 0.6) is 0 Å². The van der Waals surface area contributed by atoms with Crippen LogP contribution >= 0.6 is 11.3 Å². The lowest BCUT2D eigenvalue weighted by Gasteiger charge is -2.37. The molecule has 3 aliphatic rings. The lowest BCUT2D eigenvalue weighted by atomic mass is 9.96. The molecule has 9 heteroatoms. The number of nitrogens with zero attached hydrogens (tertiary/aromatic N) is 4. The molecule has 0 spiro atoms. The Balaban J connectivity index is 1.54. The Kier molecular flexibility index (Phi) is 6.70. The normalized spacial score (nSPS) is 22.9. The molecule has 0 aromatic carbocycles. The van der Waals surface area contributed by atoms with Crippen molar-refractivity contribution in [2.45, 2.75) is 76.8 Å². The van der Waals surface area contributed by atoms with Gasteiger partial charge in [-0.1, -0.05) is 6.42 Å². The average Bonchev–Trinajstić information content (AvgIpc) is 3.16. The highest BCUT2D eigenvalue weighted by Gasteiger charge is 2.30. The number of sulfonamides is 1. The van der Waals surface area contributed by atoms with Crippen molar-refractivity contribution >= 4 is 37.4 Å². The monoisotopic (exact) mass is 477 g/mol. The molecule has 1 atom stereocenters. The van der Waals surface area contributed by atoms with E-state index < -0.39 is 10.0 Å². The van der Waals surface area contributed by atoms with Crippen LogP contribution in [0.2, 0.25) is 0 Å². The molecule has 1 N–H and O–H groups in total. The summed E-state index contributed by atoms with van der Waals surface area (Å²) in [6.07, 6.45) is 13.1. The van der Waals surface area contributed by atoms with Gasteiger partial charge in [-0.25, -0.2) is 23.1 Å². The van der Waals surface area contributed by atoms with Crippen molar-refractivity contribution in [3.05, 3.63) is 16.3 Å². The van der Waals surface area contributed by atoms with Gasteiger partial charge >= 0.3 is 0 Å². The number of aromatic nitrogens is 2. The Morgan fingerprint density at radius 1 is 1.00 bits per heavy atom. The van der Waals surface area contributed by atoms with E-state index >= 15 is 0 Å². The van der Waals surface area contributed by atoms with E-state index in [4.69, 9.17) is 9.97 Å². The number of rotatable bonds is 6. The third-order valence-corrected chi connectivity index (χ3v) is 9.01. The number of hydrogen-bond donors (Lipinski definition) is 1. The minimum Gasteiger partial charge on any atom is -0.352 e. The van der Waals surface area contributed by atoms with Crippen molar-refractivity contribution in [2.75, 3.05) is 37.3 Å². The first-order chi connectivity index (χ1) is 15.5. The maximum absolute atomic E-state index is 11.8. The van der Waals surface area contributed by atoms with Gasteiger partial charge in [0, 0.05) is 24.0 Å². The van der Waals surface area contributed by atoms with Gasteiger partial charge in [-0.15, -0.1) is 11.3 Å². The molecule has 176 valence electrons. The van der Waals surface area contributed by atoms with Gasteiger partial charge in [-0.3, -0.25) is 4.90 Å². The number of piperidine rings is 2. The average molecular weight is 478 g/mol. The van der Waals surface area contributed by atoms with Gasteiger partial charge in [0.15, 0.2) is 0 Å². The second kappa shape index (κ2) is 9.52. The van der Waals surface area contributed by atoms with E-state index in [0.29, 0.717) is 6.54 Å². The maximum Gasteiger partial charge on any atom is 0.208 e. The zero-order valence-corrected chi connectivity index (χ0v) is 20.7. The second-order valence-electron chi connectivity index (χ2n) is 9.65. The number of anilines is 1. The number of thiophene rings is 1. The van der Waals surface area contributed by atoms with Crippen molar-refractivity contribution in [2.24, 2.45) is 0 Å². The van der Waals surface area contributed by atoms with E-state index in [-0.39, 0.29) is 6.04 Å². The van der Waals surface area contributed by atoms with E-state index in [1.165, 1.54) is 54.2 Å². The number of likely N-dealkylation sites (tertiary alicyclic amines) is 1. The standard InChI is InChI=1S/C23H35N5O2S2/c1-32(29,30)24-15-17-9-5-8-14-28(17)22-21-18-10-3-4-11-19(18)31-23(21)26-20(25-22)16-27-12-6-2-7-13-27/h17,24H,2-16H2,1H3/t17-/m1/s1. The summed E-state index contributed by atoms with van der Waals surface area (Å²) in [4.78, 5) is 17.8.